The molecule has 0 aromatic heterocycles. The van der Waals surface area contributed by atoms with Crippen LogP contribution in [0.5, 0.6) is 0 Å². The van der Waals surface area contributed by atoms with Gasteiger partial charge in [-0.1, -0.05) is 30.3 Å². The molecule has 1 saturated heterocycles. The van der Waals surface area contributed by atoms with Crippen LogP contribution in [0.25, 0.3) is 0 Å². The monoisotopic (exact) mass is 473 g/mol. The number of hydrogen-bond donors (Lipinski definition) is 2. The molecule has 4 rings (SSSR count). The number of para-hydroxylation sites is 3. The van der Waals surface area contributed by atoms with Crippen LogP contribution in [0.3, 0.4) is 0 Å². The second-order valence-corrected chi connectivity index (χ2v) is 11.5. The Morgan fingerprint density at radius 2 is 1.61 bits per heavy atom. The maximum atomic E-state index is 12.3. The molecule has 8 heteroatoms. The number of hydrogen-bond acceptors (Lipinski definition) is 6. The van der Waals surface area contributed by atoms with Crippen molar-refractivity contribution in [3.8, 4) is 0 Å². The average molecular weight is 474 g/mol. The number of rotatable bonds is 5. The summed E-state index contributed by atoms with van der Waals surface area (Å²) in [6.07, 6.45) is 3.50. The number of fused-ring (bicyclic) bond motifs is 1. The lowest BCUT2D eigenvalue weighted by molar-refractivity contribution is 0.0181. The van der Waals surface area contributed by atoms with Crippen molar-refractivity contribution in [2.45, 2.75) is 52.1 Å². The van der Waals surface area contributed by atoms with Gasteiger partial charge in [0.25, 0.3) is 0 Å². The molecule has 2 heterocycles. The summed E-state index contributed by atoms with van der Waals surface area (Å²) in [5.74, 6) is 0.522. The van der Waals surface area contributed by atoms with E-state index < -0.39 is 16.6 Å². The quantitative estimate of drug-likeness (QED) is 0.506. The van der Waals surface area contributed by atoms with Gasteiger partial charge in [-0.2, -0.15) is 0 Å². The Hall–Kier alpha value is -2.42. The minimum absolute atomic E-state index is 0.232. The average Bonchev–Trinajstić information content (AvgIpc) is 3.00. The van der Waals surface area contributed by atoms with Gasteiger partial charge in [0.2, 0.25) is 0 Å². The largest absolute Gasteiger partial charge is 0.444 e. The Bertz CT molecular complexity index is 956. The van der Waals surface area contributed by atoms with E-state index in [1.807, 2.05) is 75.4 Å². The summed E-state index contributed by atoms with van der Waals surface area (Å²) in [7, 11) is -3.18. The van der Waals surface area contributed by atoms with E-state index in [-0.39, 0.29) is 6.09 Å². The summed E-state index contributed by atoms with van der Waals surface area (Å²) in [6.45, 7) is 7.65. The summed E-state index contributed by atoms with van der Waals surface area (Å²) < 4.78 is 31.4. The number of amides is 1. The molecule has 2 N–H and O–H groups in total. The van der Waals surface area contributed by atoms with Crippen LogP contribution in [0.1, 0.15) is 46.5 Å². The van der Waals surface area contributed by atoms with Gasteiger partial charge in [0.15, 0.2) is 0 Å². The van der Waals surface area contributed by atoms with Crippen LogP contribution in [0, 0.1) is 5.92 Å². The fourth-order valence-electron chi connectivity index (χ4n) is 4.55. The zero-order valence-electron chi connectivity index (χ0n) is 19.7. The predicted molar refractivity (Wildman–Crippen MR) is 135 cm³/mol. The molecule has 1 fully saturated rings. The van der Waals surface area contributed by atoms with E-state index in [0.717, 1.165) is 42.7 Å². The van der Waals surface area contributed by atoms with E-state index >= 15 is 0 Å². The zero-order valence-corrected chi connectivity index (χ0v) is 20.5. The fourth-order valence-corrected chi connectivity index (χ4v) is 6.36. The molecule has 0 unspecified atom stereocenters. The molecule has 0 bridgehead atoms. The zero-order chi connectivity index (χ0) is 23.6. The highest BCUT2D eigenvalue weighted by Gasteiger charge is 2.41. The van der Waals surface area contributed by atoms with E-state index in [2.05, 4.69) is 0 Å². The maximum Gasteiger partial charge on any atom is 0.410 e. The van der Waals surface area contributed by atoms with Gasteiger partial charge < -0.3 is 9.64 Å². The van der Waals surface area contributed by atoms with Crippen LogP contribution < -0.4 is 8.61 Å². The van der Waals surface area contributed by atoms with Gasteiger partial charge in [-0.05, 0) is 87.6 Å². The molecule has 7 nitrogen and oxygen atoms in total. The van der Waals surface area contributed by atoms with Crippen molar-refractivity contribution >= 4 is 34.1 Å². The predicted octanol–water partition coefficient (Wildman–Crippen LogP) is 6.65. The van der Waals surface area contributed by atoms with Gasteiger partial charge in [-0.15, -0.1) is 0 Å². The van der Waals surface area contributed by atoms with Gasteiger partial charge in [0.05, 0.1) is 17.1 Å². The first-order chi connectivity index (χ1) is 15.7. The highest BCUT2D eigenvalue weighted by Crippen LogP contribution is 2.64. The topological polar surface area (TPSA) is 76.5 Å². The lowest BCUT2D eigenvalue weighted by atomic mass is 9.92. The maximum absolute atomic E-state index is 12.3. The Kier molecular flexibility index (Phi) is 6.79. The van der Waals surface area contributed by atoms with Crippen molar-refractivity contribution in [3.05, 3.63) is 54.6 Å². The van der Waals surface area contributed by atoms with Gasteiger partial charge in [-0.25, -0.2) is 9.10 Å². The summed E-state index contributed by atoms with van der Waals surface area (Å²) in [5.41, 5.74) is 1.95. The Morgan fingerprint density at radius 3 is 2.24 bits per heavy atom. The number of benzene rings is 2. The third kappa shape index (κ3) is 5.23. The molecule has 1 amide bonds. The fraction of sp³-hybridized carbons (Fsp3) is 0.480. The molecule has 0 spiro atoms. The second kappa shape index (κ2) is 9.44. The third-order valence-electron chi connectivity index (χ3n) is 6.14. The summed E-state index contributed by atoms with van der Waals surface area (Å²) in [6, 6.07) is 17.3. The number of piperidine rings is 1. The Labute approximate surface area is 198 Å². The van der Waals surface area contributed by atoms with Crippen LogP contribution >= 0.6 is 11.0 Å². The molecular weight excluding hydrogens is 438 g/mol. The Balaban J connectivity index is 1.35. The number of carbonyl (C=O) groups is 1. The number of anilines is 3. The normalized spacial score (nSPS) is 19.4. The van der Waals surface area contributed by atoms with Crippen LogP contribution in [0.2, 0.25) is 0 Å². The second-order valence-electron chi connectivity index (χ2n) is 9.76. The van der Waals surface area contributed by atoms with Crippen molar-refractivity contribution in [1.82, 2.24) is 4.90 Å². The van der Waals surface area contributed by atoms with Crippen molar-refractivity contribution in [3.63, 3.8) is 0 Å². The van der Waals surface area contributed by atoms with Crippen molar-refractivity contribution < 1.29 is 18.6 Å². The van der Waals surface area contributed by atoms with E-state index in [4.69, 9.17) is 4.74 Å². The van der Waals surface area contributed by atoms with E-state index in [9.17, 15) is 13.9 Å². The molecule has 0 atom stereocenters. The van der Waals surface area contributed by atoms with Crippen molar-refractivity contribution in [1.29, 1.82) is 0 Å². The first-order valence-corrected chi connectivity index (χ1v) is 13.1. The van der Waals surface area contributed by atoms with E-state index in [1.165, 1.54) is 0 Å². The molecule has 0 saturated carbocycles. The van der Waals surface area contributed by atoms with Crippen molar-refractivity contribution in [2.75, 3.05) is 28.2 Å². The molecule has 2 aromatic carbocycles. The van der Waals surface area contributed by atoms with Crippen molar-refractivity contribution in [2.24, 2.45) is 5.92 Å². The van der Waals surface area contributed by atoms with Gasteiger partial charge >= 0.3 is 6.09 Å². The summed E-state index contributed by atoms with van der Waals surface area (Å²) in [4.78, 5) is 14.1. The van der Waals surface area contributed by atoms with Gasteiger partial charge in [0, 0.05) is 19.6 Å². The number of nitrogens with zero attached hydrogens (tertiary/aromatic N) is 3. The number of likely N-dealkylation sites (tertiary alicyclic amines) is 1. The third-order valence-corrected chi connectivity index (χ3v) is 8.01. The minimum Gasteiger partial charge on any atom is -0.444 e. The molecule has 33 heavy (non-hydrogen) atoms. The first-order valence-electron chi connectivity index (χ1n) is 11.6. The highest BCUT2D eigenvalue weighted by molar-refractivity contribution is 8.27. The minimum atomic E-state index is -3.18. The summed E-state index contributed by atoms with van der Waals surface area (Å²) in [5, 5.41) is 0. The van der Waals surface area contributed by atoms with Gasteiger partial charge in [0.1, 0.15) is 5.60 Å². The van der Waals surface area contributed by atoms with E-state index in [1.54, 1.807) is 13.5 Å². The lowest BCUT2D eigenvalue weighted by Gasteiger charge is -2.44. The van der Waals surface area contributed by atoms with Crippen LogP contribution in [0.15, 0.2) is 54.6 Å². The molecule has 2 aliphatic rings. The molecule has 0 aliphatic carbocycles. The first kappa shape index (κ1) is 23.7. The molecular formula is C25H35N3O4S. The van der Waals surface area contributed by atoms with Gasteiger partial charge in [-0.3, -0.25) is 13.4 Å². The van der Waals surface area contributed by atoms with Crippen LogP contribution in [-0.4, -0.2) is 45.3 Å². The standard InChI is InChI=1S/C25H35N3O4S/c1-25(2,3)32-24(29)26-18-15-20(16-19-26)10-9-17-27-22-13-7-8-14-23(22)28(33(27,30)31)21-11-5-4-6-12-21/h4-8,11-14,20,30-31H,9-10,15-19H2,1-3H3. The van der Waals surface area contributed by atoms with Crippen LogP contribution in [-0.2, 0) is 4.74 Å². The smallest absolute Gasteiger partial charge is 0.410 e. The number of carbonyl (C=O) groups excluding carboxylic acids is 1. The highest BCUT2D eigenvalue weighted by atomic mass is 32.3. The molecule has 0 radical (unpaired) electrons. The molecule has 2 aromatic rings. The summed E-state index contributed by atoms with van der Waals surface area (Å²) >= 11 is 0. The lowest BCUT2D eigenvalue weighted by Crippen LogP contribution is -2.41. The number of ether oxygens (including phenoxy) is 1. The molecule has 2 aliphatic heterocycles. The Morgan fingerprint density at radius 1 is 1.00 bits per heavy atom. The SMILES string of the molecule is CC(C)(C)OC(=O)N1CCC(CCCN2c3ccccc3N(c3ccccc3)S2(O)O)CC1. The molecule has 180 valence electrons. The van der Waals surface area contributed by atoms with E-state index in [0.29, 0.717) is 25.6 Å². The van der Waals surface area contributed by atoms with Crippen LogP contribution in [0.4, 0.5) is 21.9 Å².